The monoisotopic (exact) mass is 337 g/mol. The second kappa shape index (κ2) is 5.81. The van der Waals surface area contributed by atoms with Gasteiger partial charge in [-0.05, 0) is 43.4 Å². The van der Waals surface area contributed by atoms with Gasteiger partial charge in [0, 0.05) is 18.1 Å². The van der Waals surface area contributed by atoms with E-state index in [2.05, 4.69) is 0 Å². The molecule has 0 aromatic heterocycles. The van der Waals surface area contributed by atoms with Crippen molar-refractivity contribution in [2.24, 2.45) is 5.92 Å². The Bertz CT molecular complexity index is 614. The quantitative estimate of drug-likeness (QED) is 0.898. The highest BCUT2D eigenvalue weighted by atomic mass is 35.5. The van der Waals surface area contributed by atoms with Gasteiger partial charge in [0.05, 0.1) is 11.6 Å². The van der Waals surface area contributed by atoms with Crippen molar-refractivity contribution in [3.8, 4) is 0 Å². The molecule has 2 rings (SSSR count). The summed E-state index contributed by atoms with van der Waals surface area (Å²) in [6, 6.07) is 2.64. The lowest BCUT2D eigenvalue weighted by molar-refractivity contribution is 0.281. The number of rotatable bonds is 5. The van der Waals surface area contributed by atoms with Gasteiger partial charge in [-0.25, -0.2) is 8.42 Å². The SMILES string of the molecule is CC(C1CC1)N(C)S(=O)(=O)c1cc(CO)c(Cl)cc1Cl. The first-order chi connectivity index (χ1) is 9.28. The molecule has 0 saturated heterocycles. The van der Waals surface area contributed by atoms with Gasteiger partial charge < -0.3 is 5.11 Å². The number of benzene rings is 1. The summed E-state index contributed by atoms with van der Waals surface area (Å²) in [7, 11) is -2.13. The molecule has 1 fully saturated rings. The molecule has 4 nitrogen and oxygen atoms in total. The van der Waals surface area contributed by atoms with E-state index in [1.165, 1.54) is 16.4 Å². The van der Waals surface area contributed by atoms with Crippen LogP contribution in [0.25, 0.3) is 0 Å². The van der Waals surface area contributed by atoms with Crippen LogP contribution in [0.1, 0.15) is 25.3 Å². The van der Waals surface area contributed by atoms with Gasteiger partial charge in [-0.2, -0.15) is 4.31 Å². The standard InChI is InChI=1S/C13H17Cl2NO3S/c1-8(9-3-4-9)16(2)20(18,19)13-5-10(7-17)11(14)6-12(13)15/h5-6,8-9,17H,3-4,7H2,1-2H3. The van der Waals surface area contributed by atoms with Crippen LogP contribution in [0.3, 0.4) is 0 Å². The van der Waals surface area contributed by atoms with Gasteiger partial charge >= 0.3 is 0 Å². The van der Waals surface area contributed by atoms with Crippen LogP contribution in [-0.4, -0.2) is 30.9 Å². The second-order valence-corrected chi connectivity index (χ2v) is 7.91. The lowest BCUT2D eigenvalue weighted by Gasteiger charge is -2.25. The van der Waals surface area contributed by atoms with Crippen LogP contribution < -0.4 is 0 Å². The fraction of sp³-hybridized carbons (Fsp3) is 0.538. The van der Waals surface area contributed by atoms with Gasteiger partial charge in [-0.15, -0.1) is 0 Å². The molecule has 1 aromatic rings. The van der Waals surface area contributed by atoms with Gasteiger partial charge in [-0.3, -0.25) is 0 Å². The predicted octanol–water partition coefficient (Wildman–Crippen LogP) is 2.90. The van der Waals surface area contributed by atoms with E-state index < -0.39 is 10.0 Å². The van der Waals surface area contributed by atoms with Gasteiger partial charge in [0.1, 0.15) is 4.90 Å². The van der Waals surface area contributed by atoms with E-state index in [0.717, 1.165) is 12.8 Å². The maximum atomic E-state index is 12.6. The molecule has 0 amide bonds. The second-order valence-electron chi connectivity index (χ2n) is 5.13. The smallest absolute Gasteiger partial charge is 0.244 e. The molecule has 1 aliphatic rings. The van der Waals surface area contributed by atoms with E-state index in [-0.39, 0.29) is 27.6 Å². The zero-order valence-electron chi connectivity index (χ0n) is 11.3. The summed E-state index contributed by atoms with van der Waals surface area (Å²) in [5.74, 6) is 0.415. The Hall–Kier alpha value is -0.330. The fourth-order valence-electron chi connectivity index (χ4n) is 2.14. The molecular weight excluding hydrogens is 321 g/mol. The van der Waals surface area contributed by atoms with Crippen molar-refractivity contribution in [1.29, 1.82) is 0 Å². The van der Waals surface area contributed by atoms with Crippen LogP contribution in [0.4, 0.5) is 0 Å². The molecule has 0 aliphatic heterocycles. The van der Waals surface area contributed by atoms with Crippen molar-refractivity contribution >= 4 is 33.2 Å². The van der Waals surface area contributed by atoms with Crippen molar-refractivity contribution in [2.45, 2.75) is 37.3 Å². The Morgan fingerprint density at radius 2 is 1.95 bits per heavy atom. The van der Waals surface area contributed by atoms with Gasteiger partial charge in [0.15, 0.2) is 0 Å². The summed E-state index contributed by atoms with van der Waals surface area (Å²) in [4.78, 5) is -0.0115. The van der Waals surface area contributed by atoms with Crippen LogP contribution >= 0.6 is 23.2 Å². The third kappa shape index (κ3) is 2.97. The summed E-state index contributed by atoms with van der Waals surface area (Å²) < 4.78 is 26.6. The lowest BCUT2D eigenvalue weighted by atomic mass is 10.2. The molecule has 7 heteroatoms. The third-order valence-electron chi connectivity index (χ3n) is 3.81. The number of nitrogens with zero attached hydrogens (tertiary/aromatic N) is 1. The zero-order chi connectivity index (χ0) is 15.1. The van der Waals surface area contributed by atoms with E-state index in [9.17, 15) is 13.5 Å². The maximum Gasteiger partial charge on any atom is 0.244 e. The van der Waals surface area contributed by atoms with E-state index in [1.807, 2.05) is 6.92 Å². The van der Waals surface area contributed by atoms with Gasteiger partial charge in [-0.1, -0.05) is 23.2 Å². The Labute approximate surface area is 129 Å². The molecule has 1 aliphatic carbocycles. The molecule has 1 N–H and O–H groups in total. The predicted molar refractivity (Wildman–Crippen MR) is 79.5 cm³/mol. The fourth-order valence-corrected chi connectivity index (χ4v) is 4.39. The molecule has 1 atom stereocenters. The Morgan fingerprint density at radius 3 is 2.45 bits per heavy atom. The minimum absolute atomic E-state index is 0.0115. The number of halogens is 2. The molecule has 1 unspecified atom stereocenters. The summed E-state index contributed by atoms with van der Waals surface area (Å²) in [5.41, 5.74) is 0.349. The van der Waals surface area contributed by atoms with Crippen LogP contribution in [0, 0.1) is 5.92 Å². The number of sulfonamides is 1. The third-order valence-corrected chi connectivity index (χ3v) is 6.57. The first-order valence-electron chi connectivity index (χ1n) is 6.36. The van der Waals surface area contributed by atoms with E-state index >= 15 is 0 Å². The summed E-state index contributed by atoms with van der Waals surface area (Å²) in [6.45, 7) is 1.56. The summed E-state index contributed by atoms with van der Waals surface area (Å²) in [5, 5.41) is 9.54. The summed E-state index contributed by atoms with van der Waals surface area (Å²) >= 11 is 11.9. The summed E-state index contributed by atoms with van der Waals surface area (Å²) in [6.07, 6.45) is 2.11. The van der Waals surface area contributed by atoms with Gasteiger partial charge in [0.25, 0.3) is 0 Å². The molecule has 0 bridgehead atoms. The normalized spacial score (nSPS) is 17.5. The van der Waals surface area contributed by atoms with Crippen molar-refractivity contribution < 1.29 is 13.5 Å². The van der Waals surface area contributed by atoms with Crippen molar-refractivity contribution in [3.63, 3.8) is 0 Å². The van der Waals surface area contributed by atoms with Crippen molar-refractivity contribution in [3.05, 3.63) is 27.7 Å². The van der Waals surface area contributed by atoms with Crippen molar-refractivity contribution in [1.82, 2.24) is 4.31 Å². The minimum Gasteiger partial charge on any atom is -0.392 e. The highest BCUT2D eigenvalue weighted by Crippen LogP contribution is 2.38. The van der Waals surface area contributed by atoms with E-state index in [1.54, 1.807) is 7.05 Å². The topological polar surface area (TPSA) is 57.6 Å². The Kier molecular flexibility index (Phi) is 4.66. The first kappa shape index (κ1) is 16.0. The van der Waals surface area contributed by atoms with Crippen LogP contribution in [-0.2, 0) is 16.6 Å². The molecule has 1 aromatic carbocycles. The minimum atomic E-state index is -3.69. The highest BCUT2D eigenvalue weighted by Gasteiger charge is 2.36. The number of hydrogen-bond acceptors (Lipinski definition) is 3. The molecule has 112 valence electrons. The number of hydrogen-bond donors (Lipinski definition) is 1. The molecule has 20 heavy (non-hydrogen) atoms. The van der Waals surface area contributed by atoms with Crippen LogP contribution in [0.2, 0.25) is 10.0 Å². The van der Waals surface area contributed by atoms with Gasteiger partial charge in [0.2, 0.25) is 10.0 Å². The average Bonchev–Trinajstić information content (AvgIpc) is 3.21. The molecule has 0 spiro atoms. The number of aliphatic hydroxyl groups excluding tert-OH is 1. The molecule has 0 heterocycles. The van der Waals surface area contributed by atoms with Crippen molar-refractivity contribution in [2.75, 3.05) is 7.05 Å². The average molecular weight is 338 g/mol. The highest BCUT2D eigenvalue weighted by molar-refractivity contribution is 7.89. The molecule has 1 saturated carbocycles. The Morgan fingerprint density at radius 1 is 1.35 bits per heavy atom. The first-order valence-corrected chi connectivity index (χ1v) is 8.55. The largest absolute Gasteiger partial charge is 0.392 e. The Balaban J connectivity index is 2.42. The number of aliphatic hydroxyl groups is 1. The van der Waals surface area contributed by atoms with E-state index in [0.29, 0.717) is 11.5 Å². The van der Waals surface area contributed by atoms with Crippen LogP contribution in [0.15, 0.2) is 17.0 Å². The lowest BCUT2D eigenvalue weighted by Crippen LogP contribution is -2.36. The van der Waals surface area contributed by atoms with E-state index in [4.69, 9.17) is 23.2 Å². The zero-order valence-corrected chi connectivity index (χ0v) is 13.6. The van der Waals surface area contributed by atoms with Crippen LogP contribution in [0.5, 0.6) is 0 Å². The maximum absolute atomic E-state index is 12.6. The molecule has 0 radical (unpaired) electrons. The molecular formula is C13H17Cl2NO3S.